The fourth-order valence-electron chi connectivity index (χ4n) is 2.35. The third-order valence-electron chi connectivity index (χ3n) is 3.67. The number of para-hydroxylation sites is 1. The number of furan rings is 1. The number of aryl methyl sites for hydroxylation is 1. The predicted octanol–water partition coefficient (Wildman–Crippen LogP) is 3.64. The number of rotatable bonds is 5. The van der Waals surface area contributed by atoms with Crippen LogP contribution < -0.4 is 10.2 Å². The second-order valence-corrected chi connectivity index (χ2v) is 5.05. The van der Waals surface area contributed by atoms with Gasteiger partial charge >= 0.3 is 0 Å². The Labute approximate surface area is 119 Å². The minimum absolute atomic E-state index is 0.0913. The van der Waals surface area contributed by atoms with E-state index in [2.05, 4.69) is 5.32 Å². The molecule has 1 N–H and O–H groups in total. The van der Waals surface area contributed by atoms with E-state index in [1.807, 2.05) is 45.0 Å². The van der Waals surface area contributed by atoms with E-state index in [0.29, 0.717) is 12.2 Å². The van der Waals surface area contributed by atoms with E-state index in [9.17, 15) is 4.39 Å². The van der Waals surface area contributed by atoms with Crippen LogP contribution in [0.2, 0.25) is 0 Å². The molecule has 2 aromatic rings. The van der Waals surface area contributed by atoms with Crippen molar-refractivity contribution in [1.82, 2.24) is 5.32 Å². The minimum Gasteiger partial charge on any atom is -0.469 e. The fraction of sp³-hybridized carbons (Fsp3) is 0.375. The zero-order valence-electron chi connectivity index (χ0n) is 12.4. The Morgan fingerprint density at radius 3 is 2.70 bits per heavy atom. The Bertz CT molecular complexity index is 580. The summed E-state index contributed by atoms with van der Waals surface area (Å²) in [4.78, 5) is 1.93. The maximum Gasteiger partial charge on any atom is 0.146 e. The first-order valence-electron chi connectivity index (χ1n) is 6.74. The van der Waals surface area contributed by atoms with Gasteiger partial charge in [-0.3, -0.25) is 0 Å². The molecule has 3 nitrogen and oxygen atoms in total. The Hall–Kier alpha value is -1.81. The Balaban J connectivity index is 2.33. The van der Waals surface area contributed by atoms with Crippen molar-refractivity contribution >= 4 is 5.69 Å². The fourth-order valence-corrected chi connectivity index (χ4v) is 2.35. The lowest BCUT2D eigenvalue weighted by Crippen LogP contribution is -2.23. The molecule has 0 aliphatic carbocycles. The van der Waals surface area contributed by atoms with Crippen LogP contribution in [-0.4, -0.2) is 14.1 Å². The number of hydrogen-bond acceptors (Lipinski definition) is 3. The normalized spacial score (nSPS) is 12.4. The van der Waals surface area contributed by atoms with Gasteiger partial charge in [-0.2, -0.15) is 0 Å². The quantitative estimate of drug-likeness (QED) is 0.903. The van der Waals surface area contributed by atoms with Crippen LogP contribution in [0.4, 0.5) is 10.1 Å². The molecule has 0 aliphatic rings. The molecule has 108 valence electrons. The molecule has 2 rings (SSSR count). The first-order chi connectivity index (χ1) is 9.54. The van der Waals surface area contributed by atoms with Crippen molar-refractivity contribution in [2.75, 3.05) is 19.0 Å². The highest BCUT2D eigenvalue weighted by Crippen LogP contribution is 2.29. The van der Waals surface area contributed by atoms with Crippen LogP contribution in [0.25, 0.3) is 0 Å². The summed E-state index contributed by atoms with van der Waals surface area (Å²) >= 11 is 0. The largest absolute Gasteiger partial charge is 0.469 e. The minimum atomic E-state index is -0.201. The number of benzene rings is 1. The van der Waals surface area contributed by atoms with E-state index >= 15 is 0 Å². The van der Waals surface area contributed by atoms with Crippen molar-refractivity contribution in [2.24, 2.45) is 0 Å². The summed E-state index contributed by atoms with van der Waals surface area (Å²) in [5, 5.41) is 3.16. The van der Waals surface area contributed by atoms with Crippen molar-refractivity contribution in [3.8, 4) is 0 Å². The summed E-state index contributed by atoms with van der Waals surface area (Å²) in [5.41, 5.74) is 2.66. The third kappa shape index (κ3) is 2.85. The average molecular weight is 276 g/mol. The van der Waals surface area contributed by atoms with E-state index < -0.39 is 0 Å². The lowest BCUT2D eigenvalue weighted by molar-refractivity contribution is 0.529. The number of anilines is 1. The third-order valence-corrected chi connectivity index (χ3v) is 3.67. The van der Waals surface area contributed by atoms with Crippen LogP contribution in [-0.2, 0) is 6.54 Å². The summed E-state index contributed by atoms with van der Waals surface area (Å²) in [6.45, 7) is 4.56. The summed E-state index contributed by atoms with van der Waals surface area (Å²) in [6, 6.07) is 7.22. The highest BCUT2D eigenvalue weighted by molar-refractivity contribution is 5.56. The predicted molar refractivity (Wildman–Crippen MR) is 79.4 cm³/mol. The molecule has 4 heteroatoms. The summed E-state index contributed by atoms with van der Waals surface area (Å²) in [6.07, 6.45) is 1.66. The molecular weight excluding hydrogens is 255 g/mol. The number of hydrogen-bond donors (Lipinski definition) is 1. The summed E-state index contributed by atoms with van der Waals surface area (Å²) < 4.78 is 19.5. The van der Waals surface area contributed by atoms with Gasteiger partial charge in [0.2, 0.25) is 0 Å². The van der Waals surface area contributed by atoms with Crippen LogP contribution in [0, 0.1) is 12.7 Å². The van der Waals surface area contributed by atoms with Crippen molar-refractivity contribution in [1.29, 1.82) is 0 Å². The van der Waals surface area contributed by atoms with Crippen molar-refractivity contribution < 1.29 is 8.81 Å². The first-order valence-corrected chi connectivity index (χ1v) is 6.74. The molecule has 0 saturated heterocycles. The second-order valence-electron chi connectivity index (χ2n) is 5.05. The average Bonchev–Trinajstić information content (AvgIpc) is 2.82. The topological polar surface area (TPSA) is 28.4 Å². The SMILES string of the molecule is CNC(C)c1cccc(F)c1N(C)Cc1ccoc1C. The maximum atomic E-state index is 14.2. The van der Waals surface area contributed by atoms with Crippen molar-refractivity contribution in [3.63, 3.8) is 0 Å². The number of halogens is 1. The van der Waals surface area contributed by atoms with Gasteiger partial charge in [0.25, 0.3) is 0 Å². The van der Waals surface area contributed by atoms with Gasteiger partial charge in [0, 0.05) is 25.2 Å². The first kappa shape index (κ1) is 14.6. The second kappa shape index (κ2) is 6.09. The van der Waals surface area contributed by atoms with Gasteiger partial charge in [-0.15, -0.1) is 0 Å². The van der Waals surface area contributed by atoms with Gasteiger partial charge < -0.3 is 14.6 Å². The Morgan fingerprint density at radius 1 is 1.35 bits per heavy atom. The molecule has 0 radical (unpaired) electrons. The molecular formula is C16H21FN2O. The molecule has 1 aromatic heterocycles. The van der Waals surface area contributed by atoms with E-state index in [1.165, 1.54) is 6.07 Å². The van der Waals surface area contributed by atoms with Crippen LogP contribution in [0.5, 0.6) is 0 Å². The van der Waals surface area contributed by atoms with Crippen LogP contribution in [0.3, 0.4) is 0 Å². The molecule has 0 fully saturated rings. The number of nitrogens with zero attached hydrogens (tertiary/aromatic N) is 1. The molecule has 1 atom stereocenters. The molecule has 0 aliphatic heterocycles. The number of nitrogens with one attached hydrogen (secondary N) is 1. The Kier molecular flexibility index (Phi) is 4.45. The van der Waals surface area contributed by atoms with Gasteiger partial charge in [0.15, 0.2) is 0 Å². The van der Waals surface area contributed by atoms with Crippen LogP contribution in [0.1, 0.15) is 29.9 Å². The maximum absolute atomic E-state index is 14.2. The molecule has 0 bridgehead atoms. The zero-order chi connectivity index (χ0) is 14.7. The summed E-state index contributed by atoms with van der Waals surface area (Å²) in [7, 11) is 3.77. The van der Waals surface area contributed by atoms with Gasteiger partial charge in [-0.1, -0.05) is 12.1 Å². The van der Waals surface area contributed by atoms with Crippen molar-refractivity contribution in [3.05, 3.63) is 53.2 Å². The van der Waals surface area contributed by atoms with E-state index in [0.717, 1.165) is 16.9 Å². The Morgan fingerprint density at radius 2 is 2.10 bits per heavy atom. The molecule has 0 spiro atoms. The van der Waals surface area contributed by atoms with Crippen LogP contribution >= 0.6 is 0 Å². The van der Waals surface area contributed by atoms with E-state index in [4.69, 9.17) is 4.42 Å². The summed E-state index contributed by atoms with van der Waals surface area (Å²) in [5.74, 6) is 0.671. The molecule has 20 heavy (non-hydrogen) atoms. The lowest BCUT2D eigenvalue weighted by Gasteiger charge is -2.25. The zero-order valence-corrected chi connectivity index (χ0v) is 12.4. The van der Waals surface area contributed by atoms with E-state index in [-0.39, 0.29) is 11.9 Å². The lowest BCUT2D eigenvalue weighted by atomic mass is 10.0. The van der Waals surface area contributed by atoms with Gasteiger partial charge in [-0.05, 0) is 38.6 Å². The van der Waals surface area contributed by atoms with Gasteiger partial charge in [-0.25, -0.2) is 4.39 Å². The van der Waals surface area contributed by atoms with Gasteiger partial charge in [0.1, 0.15) is 11.6 Å². The molecule has 1 heterocycles. The van der Waals surface area contributed by atoms with Crippen LogP contribution in [0.15, 0.2) is 34.9 Å². The smallest absolute Gasteiger partial charge is 0.146 e. The van der Waals surface area contributed by atoms with Crippen molar-refractivity contribution in [2.45, 2.75) is 26.4 Å². The van der Waals surface area contributed by atoms with Gasteiger partial charge in [0.05, 0.1) is 12.0 Å². The van der Waals surface area contributed by atoms with E-state index in [1.54, 1.807) is 12.3 Å². The molecule has 1 unspecified atom stereocenters. The highest BCUT2D eigenvalue weighted by atomic mass is 19.1. The monoisotopic (exact) mass is 276 g/mol. The molecule has 0 amide bonds. The molecule has 0 saturated carbocycles. The highest BCUT2D eigenvalue weighted by Gasteiger charge is 2.17. The standard InChI is InChI=1S/C16H21FN2O/c1-11(18-3)14-6-5-7-15(17)16(14)19(4)10-13-8-9-20-12(13)2/h5-9,11,18H,10H2,1-4H3. The molecule has 1 aromatic carbocycles.